The minimum Gasteiger partial charge on any atom is -0.207 e. The highest BCUT2D eigenvalue weighted by atomic mass is 19.1. The molecule has 0 N–H and O–H groups in total. The molecule has 0 saturated heterocycles. The van der Waals surface area contributed by atoms with Gasteiger partial charge in [0, 0.05) is 0 Å². The molecule has 3 rings (SSSR count). The average Bonchev–Trinajstić information content (AvgIpc) is 2.67. The number of hydrogen-bond donors (Lipinski definition) is 0. The summed E-state index contributed by atoms with van der Waals surface area (Å²) in [5, 5.41) is 8.09. The zero-order valence-corrected chi connectivity index (χ0v) is 14.7. The van der Waals surface area contributed by atoms with Crippen LogP contribution in [0.2, 0.25) is 0 Å². The van der Waals surface area contributed by atoms with Crippen molar-refractivity contribution >= 4 is 12.4 Å². The van der Waals surface area contributed by atoms with E-state index in [4.69, 9.17) is 0 Å². The summed E-state index contributed by atoms with van der Waals surface area (Å²) in [6, 6.07) is 14.8. The van der Waals surface area contributed by atoms with Gasteiger partial charge in [-0.3, -0.25) is 0 Å². The Morgan fingerprint density at radius 2 is 1.36 bits per heavy atom. The van der Waals surface area contributed by atoms with E-state index in [-0.39, 0.29) is 5.82 Å². The molecular formula is C22H25FN2. The van der Waals surface area contributed by atoms with Gasteiger partial charge in [-0.15, -0.1) is 0 Å². The first-order valence-electron chi connectivity index (χ1n) is 9.16. The van der Waals surface area contributed by atoms with E-state index in [1.54, 1.807) is 24.6 Å². The molecule has 2 nitrogen and oxygen atoms in total. The Labute approximate surface area is 149 Å². The average molecular weight is 336 g/mol. The third kappa shape index (κ3) is 5.09. The summed E-state index contributed by atoms with van der Waals surface area (Å²) in [5.41, 5.74) is 3.32. The van der Waals surface area contributed by atoms with Crippen molar-refractivity contribution in [2.24, 2.45) is 16.1 Å². The fourth-order valence-corrected chi connectivity index (χ4v) is 3.51. The Bertz CT molecular complexity index is 709. The number of nitrogens with zero attached hydrogens (tertiary/aromatic N) is 2. The lowest BCUT2D eigenvalue weighted by atomic mass is 9.78. The van der Waals surface area contributed by atoms with E-state index in [1.165, 1.54) is 49.8 Å². The van der Waals surface area contributed by atoms with Gasteiger partial charge in [-0.05, 0) is 66.3 Å². The number of halogens is 1. The molecule has 0 amide bonds. The Kier molecular flexibility index (Phi) is 6.10. The quantitative estimate of drug-likeness (QED) is 0.475. The van der Waals surface area contributed by atoms with Crippen LogP contribution in [0, 0.1) is 11.7 Å². The molecule has 0 atom stereocenters. The lowest BCUT2D eigenvalue weighted by Gasteiger charge is -2.28. The number of rotatable bonds is 5. The van der Waals surface area contributed by atoms with Crippen LogP contribution in [-0.4, -0.2) is 12.4 Å². The highest BCUT2D eigenvalue weighted by Gasteiger charge is 2.20. The largest absolute Gasteiger partial charge is 0.207 e. The predicted molar refractivity (Wildman–Crippen MR) is 103 cm³/mol. The summed E-state index contributed by atoms with van der Waals surface area (Å²) in [6.45, 7) is 2.30. The van der Waals surface area contributed by atoms with Gasteiger partial charge >= 0.3 is 0 Å². The zero-order chi connectivity index (χ0) is 17.5. The summed E-state index contributed by atoms with van der Waals surface area (Å²) in [4.78, 5) is 0. The lowest BCUT2D eigenvalue weighted by Crippen LogP contribution is -2.12. The molecule has 1 fully saturated rings. The summed E-state index contributed by atoms with van der Waals surface area (Å²) >= 11 is 0. The molecular weight excluding hydrogens is 311 g/mol. The molecule has 2 aromatic carbocycles. The lowest BCUT2D eigenvalue weighted by molar-refractivity contribution is 0.319. The van der Waals surface area contributed by atoms with Gasteiger partial charge in [-0.2, -0.15) is 10.2 Å². The second kappa shape index (κ2) is 8.70. The van der Waals surface area contributed by atoms with Crippen LogP contribution in [0.15, 0.2) is 58.7 Å². The van der Waals surface area contributed by atoms with Crippen molar-refractivity contribution in [1.82, 2.24) is 0 Å². The van der Waals surface area contributed by atoms with Gasteiger partial charge < -0.3 is 0 Å². The van der Waals surface area contributed by atoms with Crippen LogP contribution in [0.3, 0.4) is 0 Å². The summed E-state index contributed by atoms with van der Waals surface area (Å²) in [6.07, 6.45) is 10.0. The summed E-state index contributed by atoms with van der Waals surface area (Å²) in [7, 11) is 0. The van der Waals surface area contributed by atoms with Crippen LogP contribution in [0.1, 0.15) is 61.6 Å². The Morgan fingerprint density at radius 1 is 0.840 bits per heavy atom. The first-order valence-corrected chi connectivity index (χ1v) is 9.16. The highest BCUT2D eigenvalue weighted by molar-refractivity contribution is 5.82. The van der Waals surface area contributed by atoms with Crippen LogP contribution in [-0.2, 0) is 0 Å². The zero-order valence-electron chi connectivity index (χ0n) is 14.7. The SMILES string of the molecule is CCC1CCC(c2ccc(/C=N/N=C/c3ccc(F)cc3)cc2)CC1. The van der Waals surface area contributed by atoms with Crippen molar-refractivity contribution in [1.29, 1.82) is 0 Å². The summed E-state index contributed by atoms with van der Waals surface area (Å²) in [5.74, 6) is 1.40. The van der Waals surface area contributed by atoms with E-state index in [9.17, 15) is 4.39 Å². The molecule has 2 aromatic rings. The molecule has 0 aliphatic heterocycles. The second-order valence-electron chi connectivity index (χ2n) is 6.83. The maximum Gasteiger partial charge on any atom is 0.123 e. The van der Waals surface area contributed by atoms with Gasteiger partial charge in [0.1, 0.15) is 5.82 Å². The van der Waals surface area contributed by atoms with Crippen molar-refractivity contribution in [2.75, 3.05) is 0 Å². The molecule has 0 heterocycles. The van der Waals surface area contributed by atoms with Gasteiger partial charge in [0.25, 0.3) is 0 Å². The minimum absolute atomic E-state index is 0.246. The van der Waals surface area contributed by atoms with E-state index in [1.807, 2.05) is 0 Å². The van der Waals surface area contributed by atoms with Crippen molar-refractivity contribution in [3.05, 3.63) is 71.0 Å². The first-order chi connectivity index (χ1) is 12.2. The third-order valence-corrected chi connectivity index (χ3v) is 5.18. The molecule has 1 saturated carbocycles. The Morgan fingerprint density at radius 3 is 1.88 bits per heavy atom. The van der Waals surface area contributed by atoms with Gasteiger partial charge in [0.2, 0.25) is 0 Å². The Hall–Kier alpha value is -2.29. The van der Waals surface area contributed by atoms with Crippen LogP contribution in [0.5, 0.6) is 0 Å². The predicted octanol–water partition coefficient (Wildman–Crippen LogP) is 5.96. The molecule has 0 radical (unpaired) electrons. The molecule has 130 valence electrons. The minimum atomic E-state index is -0.246. The van der Waals surface area contributed by atoms with Crippen molar-refractivity contribution in [3.63, 3.8) is 0 Å². The molecule has 1 aliphatic rings. The van der Waals surface area contributed by atoms with E-state index >= 15 is 0 Å². The van der Waals surface area contributed by atoms with Crippen molar-refractivity contribution < 1.29 is 4.39 Å². The monoisotopic (exact) mass is 336 g/mol. The van der Waals surface area contributed by atoms with Crippen molar-refractivity contribution in [3.8, 4) is 0 Å². The number of hydrogen-bond acceptors (Lipinski definition) is 2. The van der Waals surface area contributed by atoms with E-state index in [0.29, 0.717) is 5.92 Å². The van der Waals surface area contributed by atoms with Crippen LogP contribution in [0.25, 0.3) is 0 Å². The van der Waals surface area contributed by atoms with E-state index < -0.39 is 0 Å². The van der Waals surface area contributed by atoms with Crippen LogP contribution in [0.4, 0.5) is 4.39 Å². The van der Waals surface area contributed by atoms with Gasteiger partial charge in [0.05, 0.1) is 12.4 Å². The first kappa shape index (κ1) is 17.5. The molecule has 3 heteroatoms. The van der Waals surface area contributed by atoms with E-state index in [0.717, 1.165) is 17.0 Å². The smallest absolute Gasteiger partial charge is 0.123 e. The summed E-state index contributed by atoms with van der Waals surface area (Å²) < 4.78 is 12.8. The van der Waals surface area contributed by atoms with Crippen molar-refractivity contribution in [2.45, 2.75) is 44.9 Å². The fraction of sp³-hybridized carbons (Fsp3) is 0.364. The van der Waals surface area contributed by atoms with E-state index in [2.05, 4.69) is 41.4 Å². The topological polar surface area (TPSA) is 24.7 Å². The van der Waals surface area contributed by atoms with Crippen LogP contribution < -0.4 is 0 Å². The number of benzene rings is 2. The van der Waals surface area contributed by atoms with Crippen LogP contribution >= 0.6 is 0 Å². The maximum atomic E-state index is 12.8. The second-order valence-corrected chi connectivity index (χ2v) is 6.83. The third-order valence-electron chi connectivity index (χ3n) is 5.18. The molecule has 25 heavy (non-hydrogen) atoms. The molecule has 0 bridgehead atoms. The van der Waals surface area contributed by atoms with Gasteiger partial charge in [-0.25, -0.2) is 4.39 Å². The fourth-order valence-electron chi connectivity index (χ4n) is 3.51. The van der Waals surface area contributed by atoms with Gasteiger partial charge in [-0.1, -0.05) is 49.7 Å². The standard InChI is InChI=1S/C22H25FN2/c1-2-17-3-9-20(10-4-17)21-11-5-18(6-12-21)15-24-25-16-19-7-13-22(23)14-8-19/h5-8,11-17,20H,2-4,9-10H2,1H3/b24-15+,25-16+. The highest BCUT2D eigenvalue weighted by Crippen LogP contribution is 2.36. The maximum absolute atomic E-state index is 12.8. The molecule has 0 unspecified atom stereocenters. The molecule has 1 aliphatic carbocycles. The van der Waals surface area contributed by atoms with Gasteiger partial charge in [0.15, 0.2) is 0 Å². The Balaban J connectivity index is 1.54. The normalized spacial score (nSPS) is 21.2. The molecule has 0 spiro atoms. The molecule has 0 aromatic heterocycles.